The zero-order valence-electron chi connectivity index (χ0n) is 14.9. The lowest BCUT2D eigenvalue weighted by atomic mass is 10.2. The van der Waals surface area contributed by atoms with Crippen molar-refractivity contribution in [1.29, 1.82) is 0 Å². The lowest BCUT2D eigenvalue weighted by Gasteiger charge is -2.35. The van der Waals surface area contributed by atoms with Gasteiger partial charge in [-0.2, -0.15) is 0 Å². The summed E-state index contributed by atoms with van der Waals surface area (Å²) in [6.07, 6.45) is 1.15. The second kappa shape index (κ2) is 8.01. The third-order valence-electron chi connectivity index (χ3n) is 4.15. The van der Waals surface area contributed by atoms with Crippen LogP contribution in [0.5, 0.6) is 0 Å². The van der Waals surface area contributed by atoms with Crippen LogP contribution in [0, 0.1) is 15.9 Å². The van der Waals surface area contributed by atoms with Gasteiger partial charge < -0.3 is 15.0 Å². The molecule has 1 aromatic carbocycles. The fourth-order valence-electron chi connectivity index (χ4n) is 3.08. The van der Waals surface area contributed by atoms with E-state index >= 15 is 0 Å². The molecule has 144 valence electrons. The molecule has 2 unspecified atom stereocenters. The lowest BCUT2D eigenvalue weighted by Crippen LogP contribution is -2.46. The number of anilines is 2. The number of benzene rings is 1. The monoisotopic (exact) mass is 395 g/mol. The van der Waals surface area contributed by atoms with Crippen LogP contribution in [0.1, 0.15) is 19.4 Å². The number of morpholine rings is 1. The Hall–Kier alpha value is -2.52. The molecule has 0 saturated carbocycles. The number of halogens is 2. The second-order valence-electron chi connectivity index (χ2n) is 6.42. The maximum atomic E-state index is 13.3. The van der Waals surface area contributed by atoms with E-state index in [2.05, 4.69) is 15.3 Å². The highest BCUT2D eigenvalue weighted by Crippen LogP contribution is 2.33. The average molecular weight is 396 g/mol. The largest absolute Gasteiger partial charge is 0.372 e. The molecular formula is C17H19ClFN5O3. The molecule has 10 heteroatoms. The molecule has 27 heavy (non-hydrogen) atoms. The van der Waals surface area contributed by atoms with Crippen LogP contribution in [0.25, 0.3) is 0 Å². The van der Waals surface area contributed by atoms with E-state index in [-0.39, 0.29) is 41.1 Å². The van der Waals surface area contributed by atoms with E-state index < -0.39 is 10.7 Å². The van der Waals surface area contributed by atoms with Gasteiger partial charge in [0, 0.05) is 19.6 Å². The number of hydrogen-bond acceptors (Lipinski definition) is 7. The molecule has 2 heterocycles. The lowest BCUT2D eigenvalue weighted by molar-refractivity contribution is -0.383. The van der Waals surface area contributed by atoms with Crippen molar-refractivity contribution in [1.82, 2.24) is 9.97 Å². The van der Waals surface area contributed by atoms with Gasteiger partial charge in [-0.1, -0.05) is 17.7 Å². The quantitative estimate of drug-likeness (QED) is 0.612. The zero-order chi connectivity index (χ0) is 19.6. The molecule has 1 N–H and O–H groups in total. The molecule has 2 aromatic rings. The van der Waals surface area contributed by atoms with Gasteiger partial charge in [-0.3, -0.25) is 10.1 Å². The first-order valence-corrected chi connectivity index (χ1v) is 8.80. The summed E-state index contributed by atoms with van der Waals surface area (Å²) in [5, 5.41) is 14.6. The van der Waals surface area contributed by atoms with Crippen LogP contribution >= 0.6 is 11.6 Å². The molecule has 0 aliphatic carbocycles. The summed E-state index contributed by atoms with van der Waals surface area (Å²) in [5.41, 5.74) is 0.469. The molecule has 0 bridgehead atoms. The Morgan fingerprint density at radius 2 is 2.07 bits per heavy atom. The summed E-state index contributed by atoms with van der Waals surface area (Å²) < 4.78 is 19.0. The van der Waals surface area contributed by atoms with E-state index in [4.69, 9.17) is 16.3 Å². The molecule has 0 amide bonds. The van der Waals surface area contributed by atoms with Gasteiger partial charge in [-0.15, -0.1) is 0 Å². The van der Waals surface area contributed by atoms with Crippen LogP contribution in [0.4, 0.5) is 21.7 Å². The first-order valence-electron chi connectivity index (χ1n) is 8.42. The Balaban J connectivity index is 1.87. The summed E-state index contributed by atoms with van der Waals surface area (Å²) in [6.45, 7) is 5.01. The van der Waals surface area contributed by atoms with Gasteiger partial charge in [-0.05, 0) is 31.5 Å². The molecule has 3 rings (SSSR count). The first kappa shape index (κ1) is 19.2. The topological polar surface area (TPSA) is 93.4 Å². The maximum Gasteiger partial charge on any atom is 0.353 e. The van der Waals surface area contributed by atoms with Gasteiger partial charge in [0.25, 0.3) is 0 Å². The minimum absolute atomic E-state index is 0.0107. The number of nitrogens with one attached hydrogen (secondary N) is 1. The molecule has 0 spiro atoms. The van der Waals surface area contributed by atoms with Crippen LogP contribution in [0.15, 0.2) is 24.5 Å². The van der Waals surface area contributed by atoms with Crippen molar-refractivity contribution in [2.75, 3.05) is 23.3 Å². The van der Waals surface area contributed by atoms with Gasteiger partial charge in [0.2, 0.25) is 11.6 Å². The number of nitrogens with zero attached hydrogens (tertiary/aromatic N) is 4. The Morgan fingerprint density at radius 1 is 1.37 bits per heavy atom. The molecule has 0 radical (unpaired) electrons. The average Bonchev–Trinajstić information content (AvgIpc) is 2.61. The minimum Gasteiger partial charge on any atom is -0.372 e. The van der Waals surface area contributed by atoms with E-state index in [1.165, 1.54) is 18.5 Å². The van der Waals surface area contributed by atoms with E-state index in [9.17, 15) is 14.5 Å². The summed E-state index contributed by atoms with van der Waals surface area (Å²) in [5.74, 6) is -0.180. The Bertz CT molecular complexity index is 843. The number of aromatic nitrogens is 2. The van der Waals surface area contributed by atoms with Crippen molar-refractivity contribution < 1.29 is 14.1 Å². The maximum absolute atomic E-state index is 13.3. The zero-order valence-corrected chi connectivity index (χ0v) is 15.6. The molecule has 1 aromatic heterocycles. The Labute approximate surface area is 160 Å². The van der Waals surface area contributed by atoms with Crippen LogP contribution in [-0.4, -0.2) is 40.2 Å². The van der Waals surface area contributed by atoms with Gasteiger partial charge >= 0.3 is 5.69 Å². The highest BCUT2D eigenvalue weighted by atomic mass is 35.5. The summed E-state index contributed by atoms with van der Waals surface area (Å²) in [7, 11) is 0. The van der Waals surface area contributed by atoms with E-state index in [1.807, 2.05) is 18.7 Å². The van der Waals surface area contributed by atoms with Crippen molar-refractivity contribution in [2.24, 2.45) is 0 Å². The van der Waals surface area contributed by atoms with E-state index in [0.29, 0.717) is 18.7 Å². The van der Waals surface area contributed by atoms with Crippen molar-refractivity contribution in [3.63, 3.8) is 0 Å². The van der Waals surface area contributed by atoms with Crippen LogP contribution in [0.2, 0.25) is 5.02 Å². The first-order chi connectivity index (χ1) is 12.8. The molecule has 1 saturated heterocycles. The van der Waals surface area contributed by atoms with Crippen LogP contribution < -0.4 is 10.2 Å². The third-order valence-corrected chi connectivity index (χ3v) is 4.44. The van der Waals surface area contributed by atoms with Crippen molar-refractivity contribution >= 4 is 28.9 Å². The SMILES string of the molecule is CC1CN(c2ncnc(NCc3ccc(F)c(Cl)c3)c2[N+](=O)[O-])CC(C)O1. The highest BCUT2D eigenvalue weighted by Gasteiger charge is 2.31. The van der Waals surface area contributed by atoms with Crippen molar-refractivity contribution in [3.8, 4) is 0 Å². The summed E-state index contributed by atoms with van der Waals surface area (Å²) in [6, 6.07) is 4.26. The Morgan fingerprint density at radius 3 is 2.70 bits per heavy atom. The second-order valence-corrected chi connectivity index (χ2v) is 6.82. The normalized spacial score (nSPS) is 19.8. The number of nitro groups is 1. The summed E-state index contributed by atoms with van der Waals surface area (Å²) >= 11 is 5.78. The fourth-order valence-corrected chi connectivity index (χ4v) is 3.29. The molecule has 1 aliphatic heterocycles. The standard InChI is InChI=1S/C17H19ClFN5O3/c1-10-7-23(8-11(2)27-10)17-15(24(25)26)16(21-9-22-17)20-6-12-3-4-14(19)13(18)5-12/h3-5,9-11H,6-8H2,1-2H3,(H,20,21,22). The summed E-state index contributed by atoms with van der Waals surface area (Å²) in [4.78, 5) is 21.2. The van der Waals surface area contributed by atoms with Crippen molar-refractivity contribution in [3.05, 3.63) is 51.0 Å². The molecular weight excluding hydrogens is 377 g/mol. The van der Waals surface area contributed by atoms with Gasteiger partial charge in [0.05, 0.1) is 22.2 Å². The van der Waals surface area contributed by atoms with E-state index in [0.717, 1.165) is 0 Å². The Kier molecular flexibility index (Phi) is 5.71. The smallest absolute Gasteiger partial charge is 0.353 e. The minimum atomic E-state index is -0.522. The third kappa shape index (κ3) is 4.42. The highest BCUT2D eigenvalue weighted by molar-refractivity contribution is 6.30. The fraction of sp³-hybridized carbons (Fsp3) is 0.412. The van der Waals surface area contributed by atoms with Crippen LogP contribution in [0.3, 0.4) is 0 Å². The predicted octanol–water partition coefficient (Wildman–Crippen LogP) is 3.40. The predicted molar refractivity (Wildman–Crippen MR) is 99.6 cm³/mol. The van der Waals surface area contributed by atoms with Gasteiger partial charge in [0.1, 0.15) is 12.1 Å². The number of hydrogen-bond donors (Lipinski definition) is 1. The molecule has 1 aliphatic rings. The number of ether oxygens (including phenoxy) is 1. The molecule has 8 nitrogen and oxygen atoms in total. The van der Waals surface area contributed by atoms with Crippen molar-refractivity contribution in [2.45, 2.75) is 32.6 Å². The molecule has 2 atom stereocenters. The number of rotatable bonds is 5. The van der Waals surface area contributed by atoms with E-state index in [1.54, 1.807) is 6.07 Å². The van der Waals surface area contributed by atoms with Gasteiger partial charge in [-0.25, -0.2) is 14.4 Å². The van der Waals surface area contributed by atoms with Crippen LogP contribution in [-0.2, 0) is 11.3 Å². The molecule has 1 fully saturated rings. The van der Waals surface area contributed by atoms with Gasteiger partial charge in [0.15, 0.2) is 0 Å².